The van der Waals surface area contributed by atoms with Gasteiger partial charge in [0.25, 0.3) is 0 Å². The number of para-hydroxylation sites is 1. The molecule has 0 radical (unpaired) electrons. The predicted molar refractivity (Wildman–Crippen MR) is 100 cm³/mol. The monoisotopic (exact) mass is 354 g/mol. The normalized spacial score (nSPS) is 11.0. The number of benzene rings is 2. The Morgan fingerprint density at radius 2 is 2.00 bits per heavy atom. The van der Waals surface area contributed by atoms with Crippen LogP contribution >= 0.6 is 12.2 Å². The third-order valence-corrected chi connectivity index (χ3v) is 3.77. The number of hydrogen-bond acceptors (Lipinski definition) is 5. The molecular formula is C18H18N4O2S. The molecule has 0 unspecified atom stereocenters. The van der Waals surface area contributed by atoms with E-state index in [1.54, 1.807) is 18.0 Å². The maximum Gasteiger partial charge on any atom is 0.216 e. The van der Waals surface area contributed by atoms with Gasteiger partial charge in [0.05, 0.1) is 19.9 Å². The lowest BCUT2D eigenvalue weighted by molar-refractivity contribution is 0.310. The van der Waals surface area contributed by atoms with Crippen LogP contribution in [-0.2, 0) is 0 Å². The van der Waals surface area contributed by atoms with E-state index in [2.05, 4.69) is 15.3 Å². The number of nitrogens with one attached hydrogen (secondary N) is 1. The summed E-state index contributed by atoms with van der Waals surface area (Å²) in [5.41, 5.74) is 1.71. The average Bonchev–Trinajstić information content (AvgIpc) is 3.01. The lowest BCUT2D eigenvalue weighted by Crippen LogP contribution is -2.00. The minimum Gasteiger partial charge on any atom is -0.492 e. The Balaban J connectivity index is 2.00. The second kappa shape index (κ2) is 7.76. The fourth-order valence-electron chi connectivity index (χ4n) is 2.41. The molecule has 128 valence electrons. The van der Waals surface area contributed by atoms with Gasteiger partial charge in [-0.05, 0) is 31.3 Å². The number of rotatable bonds is 6. The van der Waals surface area contributed by atoms with Crippen molar-refractivity contribution in [2.24, 2.45) is 5.10 Å². The number of aromatic amines is 1. The molecule has 0 aliphatic heterocycles. The highest BCUT2D eigenvalue weighted by Gasteiger charge is 2.10. The maximum absolute atomic E-state index is 5.59. The highest BCUT2D eigenvalue weighted by molar-refractivity contribution is 7.71. The van der Waals surface area contributed by atoms with Gasteiger partial charge in [0, 0.05) is 11.1 Å². The first-order chi connectivity index (χ1) is 12.2. The van der Waals surface area contributed by atoms with Crippen molar-refractivity contribution < 1.29 is 9.47 Å². The molecule has 0 saturated carbocycles. The number of ether oxygens (including phenoxy) is 2. The lowest BCUT2D eigenvalue weighted by Gasteiger charge is -2.11. The Labute approximate surface area is 150 Å². The highest BCUT2D eigenvalue weighted by Crippen LogP contribution is 2.30. The molecule has 6 nitrogen and oxygen atoms in total. The van der Waals surface area contributed by atoms with Gasteiger partial charge in [0.2, 0.25) is 4.77 Å². The van der Waals surface area contributed by atoms with E-state index >= 15 is 0 Å². The van der Waals surface area contributed by atoms with E-state index in [0.29, 0.717) is 28.7 Å². The summed E-state index contributed by atoms with van der Waals surface area (Å²) in [6, 6.07) is 15.4. The summed E-state index contributed by atoms with van der Waals surface area (Å²) in [7, 11) is 1.61. The topological polar surface area (TPSA) is 64.4 Å². The van der Waals surface area contributed by atoms with Gasteiger partial charge in [-0.1, -0.05) is 36.4 Å². The number of methoxy groups -OCH3 is 1. The van der Waals surface area contributed by atoms with E-state index in [4.69, 9.17) is 21.7 Å². The van der Waals surface area contributed by atoms with Gasteiger partial charge < -0.3 is 9.47 Å². The van der Waals surface area contributed by atoms with E-state index in [0.717, 1.165) is 11.1 Å². The van der Waals surface area contributed by atoms with Crippen molar-refractivity contribution in [3.05, 3.63) is 58.9 Å². The van der Waals surface area contributed by atoms with Gasteiger partial charge >= 0.3 is 0 Å². The fraction of sp³-hybridized carbons (Fsp3) is 0.167. The first-order valence-electron chi connectivity index (χ1n) is 7.81. The quantitative estimate of drug-likeness (QED) is 0.539. The number of nitrogens with zero attached hydrogens (tertiary/aromatic N) is 3. The fourth-order valence-corrected chi connectivity index (χ4v) is 2.59. The van der Waals surface area contributed by atoms with Crippen molar-refractivity contribution in [1.82, 2.24) is 14.9 Å². The first kappa shape index (κ1) is 16.9. The first-order valence-corrected chi connectivity index (χ1v) is 8.22. The van der Waals surface area contributed by atoms with E-state index in [-0.39, 0.29) is 0 Å². The second-order valence-corrected chi connectivity index (χ2v) is 5.47. The van der Waals surface area contributed by atoms with E-state index in [1.165, 1.54) is 0 Å². The van der Waals surface area contributed by atoms with Gasteiger partial charge in [-0.2, -0.15) is 14.9 Å². The summed E-state index contributed by atoms with van der Waals surface area (Å²) in [6.07, 6.45) is 1.68. The Bertz CT molecular complexity index is 932. The molecule has 0 atom stereocenters. The maximum atomic E-state index is 5.59. The van der Waals surface area contributed by atoms with Crippen LogP contribution in [0.4, 0.5) is 0 Å². The second-order valence-electron chi connectivity index (χ2n) is 5.09. The smallest absolute Gasteiger partial charge is 0.216 e. The number of hydrogen-bond donors (Lipinski definition) is 1. The molecule has 3 aromatic rings. The third kappa shape index (κ3) is 3.61. The molecular weight excluding hydrogens is 336 g/mol. The Morgan fingerprint density at radius 3 is 2.72 bits per heavy atom. The summed E-state index contributed by atoms with van der Waals surface area (Å²) in [5.74, 6) is 1.94. The molecule has 1 N–H and O–H groups in total. The van der Waals surface area contributed by atoms with Crippen molar-refractivity contribution >= 4 is 18.4 Å². The minimum absolute atomic E-state index is 0.412. The lowest BCUT2D eigenvalue weighted by atomic mass is 10.2. The Morgan fingerprint density at radius 1 is 1.20 bits per heavy atom. The number of aromatic nitrogens is 3. The van der Waals surface area contributed by atoms with Crippen LogP contribution in [0.15, 0.2) is 53.6 Å². The molecule has 1 heterocycles. The molecule has 1 aromatic heterocycles. The van der Waals surface area contributed by atoms with E-state index < -0.39 is 0 Å². The Hall–Kier alpha value is -2.93. The molecule has 0 aliphatic carbocycles. The largest absolute Gasteiger partial charge is 0.492 e. The molecule has 2 aromatic carbocycles. The van der Waals surface area contributed by atoms with E-state index in [9.17, 15) is 0 Å². The zero-order valence-electron chi connectivity index (χ0n) is 14.0. The highest BCUT2D eigenvalue weighted by atomic mass is 32.1. The van der Waals surface area contributed by atoms with Gasteiger partial charge in [-0.15, -0.1) is 0 Å². The molecule has 0 spiro atoms. The molecule has 0 saturated heterocycles. The van der Waals surface area contributed by atoms with Gasteiger partial charge in [0.15, 0.2) is 17.3 Å². The molecule has 0 bridgehead atoms. The molecule has 0 amide bonds. The molecule has 25 heavy (non-hydrogen) atoms. The van der Waals surface area contributed by atoms with Crippen molar-refractivity contribution in [2.45, 2.75) is 6.92 Å². The van der Waals surface area contributed by atoms with Crippen LogP contribution in [0, 0.1) is 4.77 Å². The number of H-pyrrole nitrogens is 1. The summed E-state index contributed by atoms with van der Waals surface area (Å²) >= 11 is 5.29. The van der Waals surface area contributed by atoms with Crippen LogP contribution in [0.2, 0.25) is 0 Å². The summed E-state index contributed by atoms with van der Waals surface area (Å²) < 4.78 is 13.1. The zero-order valence-corrected chi connectivity index (χ0v) is 14.8. The molecule has 0 aliphatic rings. The molecule has 7 heteroatoms. The zero-order chi connectivity index (χ0) is 17.6. The van der Waals surface area contributed by atoms with Crippen LogP contribution in [0.3, 0.4) is 0 Å². The summed E-state index contributed by atoms with van der Waals surface area (Å²) in [6.45, 7) is 2.49. The Kier molecular flexibility index (Phi) is 5.25. The van der Waals surface area contributed by atoms with Crippen molar-refractivity contribution in [1.29, 1.82) is 0 Å². The SMILES string of the molecule is CCOc1cccc(/C=N\n2c(-c3ccccc3)n[nH]c2=S)c1OC. The van der Waals surface area contributed by atoms with Crippen molar-refractivity contribution in [2.75, 3.05) is 13.7 Å². The van der Waals surface area contributed by atoms with Gasteiger partial charge in [-0.3, -0.25) is 0 Å². The van der Waals surface area contributed by atoms with Crippen LogP contribution in [-0.4, -0.2) is 34.8 Å². The van der Waals surface area contributed by atoms with Crippen LogP contribution < -0.4 is 9.47 Å². The van der Waals surface area contributed by atoms with Crippen molar-refractivity contribution in [3.63, 3.8) is 0 Å². The van der Waals surface area contributed by atoms with E-state index in [1.807, 2.05) is 55.5 Å². The third-order valence-electron chi connectivity index (χ3n) is 3.51. The van der Waals surface area contributed by atoms with Crippen LogP contribution in [0.5, 0.6) is 11.5 Å². The standard InChI is InChI=1S/C18H18N4O2S/c1-3-24-15-11-7-10-14(16(15)23-2)12-19-22-17(20-21-18(22)25)13-8-5-4-6-9-13/h4-12H,3H2,1-2H3,(H,21,25)/b19-12-. The average molecular weight is 354 g/mol. The van der Waals surface area contributed by atoms with Gasteiger partial charge in [0.1, 0.15) is 0 Å². The minimum atomic E-state index is 0.412. The van der Waals surface area contributed by atoms with Crippen LogP contribution in [0.25, 0.3) is 11.4 Å². The molecule has 0 fully saturated rings. The predicted octanol–water partition coefficient (Wildman–Crippen LogP) is 3.90. The molecule has 3 rings (SSSR count). The van der Waals surface area contributed by atoms with Gasteiger partial charge in [-0.25, -0.2) is 5.10 Å². The van der Waals surface area contributed by atoms with Crippen LogP contribution in [0.1, 0.15) is 12.5 Å². The summed E-state index contributed by atoms with van der Waals surface area (Å²) in [4.78, 5) is 0. The van der Waals surface area contributed by atoms with Crippen molar-refractivity contribution in [3.8, 4) is 22.9 Å². The summed E-state index contributed by atoms with van der Waals surface area (Å²) in [5, 5.41) is 11.5.